The Kier molecular flexibility index (Phi) is 9.83. The van der Waals surface area contributed by atoms with E-state index in [1.807, 2.05) is 22.6 Å². The summed E-state index contributed by atoms with van der Waals surface area (Å²) in [5.41, 5.74) is 4.11. The molecule has 1 aliphatic heterocycles. The molecule has 0 aromatic heterocycles. The van der Waals surface area contributed by atoms with Crippen molar-refractivity contribution in [1.29, 1.82) is 0 Å². The number of ether oxygens (including phenoxy) is 3. The van der Waals surface area contributed by atoms with E-state index in [0.717, 1.165) is 0 Å². The molecule has 0 unspecified atom stereocenters. The number of hydrazone groups is 1. The fraction of sp³-hybridized carbons (Fsp3) is 0.292. The summed E-state index contributed by atoms with van der Waals surface area (Å²) in [6, 6.07) is 6.86. The minimum atomic E-state index is -1.19. The first-order chi connectivity index (χ1) is 17.6. The lowest BCUT2D eigenvalue weighted by atomic mass is 9.95. The molecule has 0 saturated carbocycles. The molecule has 0 radical (unpaired) electrons. The molecule has 5 N–H and O–H groups in total. The van der Waals surface area contributed by atoms with Gasteiger partial charge in [0, 0.05) is 16.3 Å². The SMILES string of the molecule is CCOc1cc([C@@H]2NC(=O)NC(C)=C2C(=O)OC)ccc1OC[C@H](O)N/N=C\c1cc(Cl)cc(I)c1O. The number of aliphatic hydroxyl groups excluding tert-OH is 1. The topological polar surface area (TPSA) is 151 Å². The third-order valence-corrected chi connectivity index (χ3v) is 6.20. The van der Waals surface area contributed by atoms with E-state index in [2.05, 4.69) is 21.2 Å². The second-order valence-corrected chi connectivity index (χ2v) is 9.34. The van der Waals surface area contributed by atoms with Gasteiger partial charge in [-0.25, -0.2) is 9.59 Å². The molecule has 11 nitrogen and oxygen atoms in total. The summed E-state index contributed by atoms with van der Waals surface area (Å²) >= 11 is 7.95. The van der Waals surface area contributed by atoms with E-state index in [0.29, 0.717) is 43.5 Å². The Morgan fingerprint density at radius 1 is 1.30 bits per heavy atom. The van der Waals surface area contributed by atoms with Crippen LogP contribution in [-0.4, -0.2) is 55.0 Å². The van der Waals surface area contributed by atoms with E-state index in [1.54, 1.807) is 38.1 Å². The monoisotopic (exact) mass is 644 g/mol. The van der Waals surface area contributed by atoms with Gasteiger partial charge in [-0.3, -0.25) is 5.43 Å². The molecule has 0 fully saturated rings. The van der Waals surface area contributed by atoms with Gasteiger partial charge in [-0.15, -0.1) is 0 Å². The van der Waals surface area contributed by atoms with Crippen molar-refractivity contribution >= 4 is 52.4 Å². The Hall–Kier alpha value is -3.23. The molecule has 37 heavy (non-hydrogen) atoms. The maximum absolute atomic E-state index is 12.4. The summed E-state index contributed by atoms with van der Waals surface area (Å²) in [6.07, 6.45) is 0.139. The van der Waals surface area contributed by atoms with Crippen LogP contribution in [0.4, 0.5) is 4.79 Å². The number of hydrogen-bond donors (Lipinski definition) is 5. The highest BCUT2D eigenvalue weighted by Gasteiger charge is 2.32. The second-order valence-electron chi connectivity index (χ2n) is 7.74. The number of rotatable bonds is 10. The van der Waals surface area contributed by atoms with Gasteiger partial charge in [0.2, 0.25) is 0 Å². The maximum atomic E-state index is 12.4. The number of phenols is 1. The summed E-state index contributed by atoms with van der Waals surface area (Å²) in [4.78, 5) is 24.4. The molecule has 2 aromatic carbocycles. The third-order valence-electron chi connectivity index (χ3n) is 5.16. The van der Waals surface area contributed by atoms with E-state index < -0.39 is 24.3 Å². The largest absolute Gasteiger partial charge is 0.506 e. The summed E-state index contributed by atoms with van der Waals surface area (Å²) in [6.45, 7) is 3.55. The molecule has 1 heterocycles. The van der Waals surface area contributed by atoms with Crippen molar-refractivity contribution in [3.63, 3.8) is 0 Å². The second kappa shape index (κ2) is 12.8. The number of aromatic hydroxyl groups is 1. The van der Waals surface area contributed by atoms with Crippen molar-refractivity contribution in [2.24, 2.45) is 5.10 Å². The normalized spacial score (nSPS) is 16.2. The summed E-state index contributed by atoms with van der Waals surface area (Å²) in [7, 11) is 1.26. The van der Waals surface area contributed by atoms with E-state index >= 15 is 0 Å². The summed E-state index contributed by atoms with van der Waals surface area (Å²) < 4.78 is 16.8. The molecule has 1 aliphatic rings. The number of allylic oxidation sites excluding steroid dienone is 1. The fourth-order valence-electron chi connectivity index (χ4n) is 3.50. The fourth-order valence-corrected chi connectivity index (χ4v) is 4.56. The van der Waals surface area contributed by atoms with Crippen molar-refractivity contribution in [1.82, 2.24) is 16.1 Å². The number of methoxy groups -OCH3 is 1. The highest BCUT2D eigenvalue weighted by atomic mass is 127. The van der Waals surface area contributed by atoms with Crippen LogP contribution in [0.3, 0.4) is 0 Å². The van der Waals surface area contributed by atoms with Crippen molar-refractivity contribution in [3.05, 3.63) is 61.3 Å². The Balaban J connectivity index is 1.72. The Labute approximate surface area is 232 Å². The number of carbonyl (C=O) groups excluding carboxylic acids is 2. The van der Waals surface area contributed by atoms with Gasteiger partial charge < -0.3 is 35.1 Å². The van der Waals surface area contributed by atoms with E-state index in [4.69, 9.17) is 25.8 Å². The highest BCUT2D eigenvalue weighted by molar-refractivity contribution is 14.1. The minimum Gasteiger partial charge on any atom is -0.506 e. The van der Waals surface area contributed by atoms with Crippen LogP contribution in [0, 0.1) is 3.57 Å². The molecule has 0 bridgehead atoms. The zero-order chi connectivity index (χ0) is 27.1. The van der Waals surface area contributed by atoms with E-state index in [-0.39, 0.29) is 17.9 Å². The van der Waals surface area contributed by atoms with Crippen LogP contribution in [0.5, 0.6) is 17.2 Å². The van der Waals surface area contributed by atoms with E-state index in [1.165, 1.54) is 19.4 Å². The smallest absolute Gasteiger partial charge is 0.337 e. The van der Waals surface area contributed by atoms with Crippen molar-refractivity contribution in [3.8, 4) is 17.2 Å². The van der Waals surface area contributed by atoms with Gasteiger partial charge in [0.1, 0.15) is 12.4 Å². The predicted octanol–water partition coefficient (Wildman–Crippen LogP) is 3.17. The van der Waals surface area contributed by atoms with Crippen LogP contribution >= 0.6 is 34.2 Å². The lowest BCUT2D eigenvalue weighted by Crippen LogP contribution is -2.45. The number of nitrogens with zero attached hydrogens (tertiary/aromatic N) is 1. The number of urea groups is 1. The standard InChI is InChI=1S/C24H26ClIN4O7/c1-4-36-18-8-13(21-20(23(33)35-3)12(2)28-24(34)29-21)5-6-17(18)37-11-19(31)30-27-10-14-7-15(25)9-16(26)22(14)32/h5-10,19,21,30-32H,4,11H2,1-3H3,(H2,28,29,34)/b27-10-/t19-,21-/m0/s1. The number of esters is 1. The molecule has 0 spiro atoms. The number of nitrogens with one attached hydrogen (secondary N) is 3. The Morgan fingerprint density at radius 3 is 2.76 bits per heavy atom. The number of aliphatic hydroxyl groups is 1. The van der Waals surface area contributed by atoms with Gasteiger partial charge in [0.15, 0.2) is 17.7 Å². The first kappa shape index (κ1) is 28.3. The quantitative estimate of drug-likeness (QED) is 0.0871. The van der Waals surface area contributed by atoms with Crippen LogP contribution in [0.15, 0.2) is 46.7 Å². The van der Waals surface area contributed by atoms with Crippen LogP contribution in [0.25, 0.3) is 0 Å². The average molecular weight is 645 g/mol. The van der Waals surface area contributed by atoms with Crippen molar-refractivity contribution in [2.45, 2.75) is 26.1 Å². The molecule has 2 amide bonds. The first-order valence-corrected chi connectivity index (χ1v) is 12.5. The van der Waals surface area contributed by atoms with Crippen LogP contribution < -0.4 is 25.5 Å². The third kappa shape index (κ3) is 7.17. The van der Waals surface area contributed by atoms with Crippen LogP contribution in [-0.2, 0) is 9.53 Å². The number of hydrogen-bond acceptors (Lipinski definition) is 9. The Bertz CT molecular complexity index is 1240. The number of benzene rings is 2. The number of amides is 2. The molecular weight excluding hydrogens is 619 g/mol. The lowest BCUT2D eigenvalue weighted by Gasteiger charge is -2.28. The van der Waals surface area contributed by atoms with Gasteiger partial charge in [-0.2, -0.15) is 5.10 Å². The van der Waals surface area contributed by atoms with Gasteiger partial charge in [0.25, 0.3) is 0 Å². The van der Waals surface area contributed by atoms with Crippen molar-refractivity contribution in [2.75, 3.05) is 20.3 Å². The number of halogens is 2. The number of phenolic OH excluding ortho intramolecular Hbond substituents is 1. The van der Waals surface area contributed by atoms with Gasteiger partial charge in [0.05, 0.1) is 35.1 Å². The average Bonchev–Trinajstić information content (AvgIpc) is 2.85. The predicted molar refractivity (Wildman–Crippen MR) is 145 cm³/mol. The zero-order valence-corrected chi connectivity index (χ0v) is 23.1. The molecule has 0 aliphatic carbocycles. The van der Waals surface area contributed by atoms with Gasteiger partial charge >= 0.3 is 12.0 Å². The first-order valence-electron chi connectivity index (χ1n) is 11.0. The molecule has 3 rings (SSSR count). The maximum Gasteiger partial charge on any atom is 0.337 e. The van der Waals surface area contributed by atoms with E-state index in [9.17, 15) is 19.8 Å². The number of carbonyl (C=O) groups is 2. The summed E-state index contributed by atoms with van der Waals surface area (Å²) in [5, 5.41) is 30.0. The molecule has 2 aromatic rings. The zero-order valence-electron chi connectivity index (χ0n) is 20.2. The molecule has 0 saturated heterocycles. The van der Waals surface area contributed by atoms with Crippen LogP contribution in [0.2, 0.25) is 5.02 Å². The highest BCUT2D eigenvalue weighted by Crippen LogP contribution is 2.35. The molecule has 198 valence electrons. The van der Waals surface area contributed by atoms with Crippen LogP contribution in [0.1, 0.15) is 31.0 Å². The lowest BCUT2D eigenvalue weighted by molar-refractivity contribution is -0.136. The Morgan fingerprint density at radius 2 is 2.05 bits per heavy atom. The summed E-state index contributed by atoms with van der Waals surface area (Å²) in [5.74, 6) is 0.124. The molecule has 2 atom stereocenters. The van der Waals surface area contributed by atoms with Gasteiger partial charge in [-0.1, -0.05) is 17.7 Å². The minimum absolute atomic E-state index is 0.0214. The molecular formula is C24H26ClIN4O7. The van der Waals surface area contributed by atoms with Gasteiger partial charge in [-0.05, 0) is 66.3 Å². The molecule has 13 heteroatoms. The van der Waals surface area contributed by atoms with Crippen molar-refractivity contribution < 1.29 is 34.0 Å².